The lowest BCUT2D eigenvalue weighted by Gasteiger charge is -2.32. The van der Waals surface area contributed by atoms with Crippen LogP contribution in [0.1, 0.15) is 42.1 Å². The largest absolute Gasteiger partial charge is 0.342 e. The summed E-state index contributed by atoms with van der Waals surface area (Å²) in [4.78, 5) is 35.1. The fourth-order valence-corrected chi connectivity index (χ4v) is 4.69. The molecule has 0 spiro atoms. The first-order chi connectivity index (χ1) is 16.6. The summed E-state index contributed by atoms with van der Waals surface area (Å²) in [6, 6.07) is 17.5. The maximum Gasteiger partial charge on any atom is 0.281 e. The average Bonchev–Trinajstić information content (AvgIpc) is 3.26. The molecule has 0 aliphatic carbocycles. The Morgan fingerprint density at radius 1 is 1.12 bits per heavy atom. The number of nitrogens with one attached hydrogen (secondary N) is 1. The Morgan fingerprint density at radius 3 is 2.76 bits per heavy atom. The van der Waals surface area contributed by atoms with Crippen molar-refractivity contribution in [3.05, 3.63) is 86.9 Å². The number of aromatic nitrogens is 5. The Morgan fingerprint density at radius 2 is 1.94 bits per heavy atom. The number of rotatable bonds is 6. The SMILES string of the molecule is O=C(CCc1ccccc1)N1CCCC(c2nc3c(nnn3Cc3cccc(Cl)c3)c(=O)[nH]2)C1. The molecule has 174 valence electrons. The van der Waals surface area contributed by atoms with Crippen LogP contribution in [0.4, 0.5) is 0 Å². The van der Waals surface area contributed by atoms with E-state index in [-0.39, 0.29) is 22.9 Å². The van der Waals surface area contributed by atoms with Gasteiger partial charge in [0.25, 0.3) is 5.56 Å². The molecule has 0 saturated carbocycles. The fourth-order valence-electron chi connectivity index (χ4n) is 4.47. The van der Waals surface area contributed by atoms with E-state index in [1.54, 1.807) is 4.68 Å². The van der Waals surface area contributed by atoms with E-state index in [2.05, 4.69) is 15.3 Å². The highest BCUT2D eigenvalue weighted by atomic mass is 35.5. The van der Waals surface area contributed by atoms with Gasteiger partial charge in [0.2, 0.25) is 5.91 Å². The van der Waals surface area contributed by atoms with Crippen LogP contribution in [0.5, 0.6) is 0 Å². The molecule has 34 heavy (non-hydrogen) atoms. The smallest absolute Gasteiger partial charge is 0.281 e. The van der Waals surface area contributed by atoms with Crippen molar-refractivity contribution in [3.63, 3.8) is 0 Å². The van der Waals surface area contributed by atoms with E-state index in [9.17, 15) is 9.59 Å². The zero-order valence-corrected chi connectivity index (χ0v) is 19.4. The second kappa shape index (κ2) is 9.77. The third kappa shape index (κ3) is 4.87. The molecule has 1 aliphatic heterocycles. The van der Waals surface area contributed by atoms with Crippen molar-refractivity contribution in [1.82, 2.24) is 29.9 Å². The number of piperidine rings is 1. The quantitative estimate of drug-likeness (QED) is 0.459. The van der Waals surface area contributed by atoms with Gasteiger partial charge in [-0.15, -0.1) is 5.10 Å². The maximum absolute atomic E-state index is 12.9. The van der Waals surface area contributed by atoms with Gasteiger partial charge in [-0.2, -0.15) is 0 Å². The van der Waals surface area contributed by atoms with Gasteiger partial charge in [-0.25, -0.2) is 9.67 Å². The van der Waals surface area contributed by atoms with Gasteiger partial charge in [0, 0.05) is 30.5 Å². The first kappa shape index (κ1) is 22.3. The van der Waals surface area contributed by atoms with Crippen LogP contribution in [-0.4, -0.2) is 48.9 Å². The summed E-state index contributed by atoms with van der Waals surface area (Å²) in [5.74, 6) is 0.665. The summed E-state index contributed by atoms with van der Waals surface area (Å²) in [6.07, 6.45) is 2.91. The third-order valence-corrected chi connectivity index (χ3v) is 6.48. The van der Waals surface area contributed by atoms with E-state index in [4.69, 9.17) is 16.6 Å². The number of carbonyl (C=O) groups excluding carboxylic acids is 1. The number of hydrogen-bond acceptors (Lipinski definition) is 5. The summed E-state index contributed by atoms with van der Waals surface area (Å²) >= 11 is 6.10. The standard InChI is InChI=1S/C25H25ClN6O2/c26-20-10-4-8-18(14-20)15-32-24-22(29-30-32)25(34)28-23(27-24)19-9-5-13-31(16-19)21(33)12-11-17-6-2-1-3-7-17/h1-4,6-8,10,14,19H,5,9,11-13,15-16H2,(H,27,28,34). The molecule has 1 fully saturated rings. The van der Waals surface area contributed by atoms with E-state index in [1.807, 2.05) is 59.5 Å². The van der Waals surface area contributed by atoms with E-state index in [1.165, 1.54) is 0 Å². The summed E-state index contributed by atoms with van der Waals surface area (Å²) in [6.45, 7) is 1.67. The predicted molar refractivity (Wildman–Crippen MR) is 130 cm³/mol. The molecule has 8 nitrogen and oxygen atoms in total. The number of H-pyrrole nitrogens is 1. The normalized spacial score (nSPS) is 16.1. The highest BCUT2D eigenvalue weighted by Gasteiger charge is 2.27. The highest BCUT2D eigenvalue weighted by Crippen LogP contribution is 2.25. The molecule has 0 radical (unpaired) electrons. The molecule has 2 aromatic carbocycles. The minimum atomic E-state index is -0.315. The fraction of sp³-hybridized carbons (Fsp3) is 0.320. The number of hydrogen-bond donors (Lipinski definition) is 1. The van der Waals surface area contributed by atoms with E-state index in [0.717, 1.165) is 36.9 Å². The van der Waals surface area contributed by atoms with Crippen LogP contribution in [0, 0.1) is 0 Å². The monoisotopic (exact) mass is 476 g/mol. The van der Waals surface area contributed by atoms with E-state index >= 15 is 0 Å². The molecular formula is C25H25ClN6O2. The van der Waals surface area contributed by atoms with Crippen molar-refractivity contribution in [2.24, 2.45) is 0 Å². The molecule has 1 N–H and O–H groups in total. The number of aromatic amines is 1. The molecular weight excluding hydrogens is 452 g/mol. The van der Waals surface area contributed by atoms with Gasteiger partial charge in [-0.1, -0.05) is 59.3 Å². The number of benzene rings is 2. The summed E-state index contributed by atoms with van der Waals surface area (Å²) in [5.41, 5.74) is 2.42. The molecule has 1 amide bonds. The van der Waals surface area contributed by atoms with Crippen LogP contribution in [0.15, 0.2) is 59.4 Å². The maximum atomic E-state index is 12.9. The molecule has 1 aliphatic rings. The van der Waals surface area contributed by atoms with Crippen molar-refractivity contribution >= 4 is 28.7 Å². The molecule has 1 unspecified atom stereocenters. The van der Waals surface area contributed by atoms with Crippen LogP contribution < -0.4 is 5.56 Å². The van der Waals surface area contributed by atoms with Crippen LogP contribution in [0.25, 0.3) is 11.2 Å². The van der Waals surface area contributed by atoms with Crippen molar-refractivity contribution < 1.29 is 4.79 Å². The number of fused-ring (bicyclic) bond motifs is 1. The van der Waals surface area contributed by atoms with Gasteiger partial charge in [-0.05, 0) is 42.5 Å². The number of aryl methyl sites for hydroxylation is 1. The van der Waals surface area contributed by atoms with Gasteiger partial charge >= 0.3 is 0 Å². The van der Waals surface area contributed by atoms with Crippen LogP contribution in [0.3, 0.4) is 0 Å². The second-order valence-electron chi connectivity index (χ2n) is 8.66. The molecule has 9 heteroatoms. The molecule has 4 aromatic rings. The highest BCUT2D eigenvalue weighted by molar-refractivity contribution is 6.30. The topological polar surface area (TPSA) is 96.8 Å². The summed E-state index contributed by atoms with van der Waals surface area (Å²) < 4.78 is 1.62. The zero-order valence-electron chi connectivity index (χ0n) is 18.7. The number of carbonyl (C=O) groups is 1. The summed E-state index contributed by atoms with van der Waals surface area (Å²) in [7, 11) is 0. The molecule has 5 rings (SSSR count). The van der Waals surface area contributed by atoms with Crippen molar-refractivity contribution in [3.8, 4) is 0 Å². The Kier molecular flexibility index (Phi) is 6.40. The van der Waals surface area contributed by atoms with Crippen molar-refractivity contribution in [1.29, 1.82) is 0 Å². The predicted octanol–water partition coefficient (Wildman–Crippen LogP) is 3.56. The van der Waals surface area contributed by atoms with Gasteiger partial charge in [0.15, 0.2) is 11.2 Å². The number of amides is 1. The van der Waals surface area contributed by atoms with E-state index in [0.29, 0.717) is 36.0 Å². The minimum Gasteiger partial charge on any atom is -0.342 e. The lowest BCUT2D eigenvalue weighted by molar-refractivity contribution is -0.132. The molecule has 0 bridgehead atoms. The number of nitrogens with zero attached hydrogens (tertiary/aromatic N) is 5. The molecule has 1 atom stereocenters. The number of likely N-dealkylation sites (tertiary alicyclic amines) is 1. The lowest BCUT2D eigenvalue weighted by Crippen LogP contribution is -2.40. The first-order valence-corrected chi connectivity index (χ1v) is 11.8. The van der Waals surface area contributed by atoms with E-state index < -0.39 is 0 Å². The van der Waals surface area contributed by atoms with Crippen LogP contribution in [-0.2, 0) is 17.8 Å². The first-order valence-electron chi connectivity index (χ1n) is 11.5. The molecule has 3 heterocycles. The Balaban J connectivity index is 1.33. The average molecular weight is 477 g/mol. The number of halogens is 1. The van der Waals surface area contributed by atoms with Crippen LogP contribution >= 0.6 is 11.6 Å². The van der Waals surface area contributed by atoms with Gasteiger partial charge in [0.1, 0.15) is 5.82 Å². The van der Waals surface area contributed by atoms with Crippen LogP contribution in [0.2, 0.25) is 5.02 Å². The molecule has 1 saturated heterocycles. The Bertz CT molecular complexity index is 1370. The van der Waals surface area contributed by atoms with Gasteiger partial charge in [0.05, 0.1) is 6.54 Å². The summed E-state index contributed by atoms with van der Waals surface area (Å²) in [5, 5.41) is 8.80. The van der Waals surface area contributed by atoms with Gasteiger partial charge < -0.3 is 9.88 Å². The Hall–Kier alpha value is -3.52. The molecule has 2 aromatic heterocycles. The minimum absolute atomic E-state index is 0.0407. The van der Waals surface area contributed by atoms with Crippen molar-refractivity contribution in [2.75, 3.05) is 13.1 Å². The Labute approximate surface area is 201 Å². The lowest BCUT2D eigenvalue weighted by atomic mass is 9.96. The van der Waals surface area contributed by atoms with Crippen molar-refractivity contribution in [2.45, 2.75) is 38.1 Å². The third-order valence-electron chi connectivity index (χ3n) is 6.24. The second-order valence-corrected chi connectivity index (χ2v) is 9.10. The van der Waals surface area contributed by atoms with Gasteiger partial charge in [-0.3, -0.25) is 9.59 Å². The zero-order chi connectivity index (χ0) is 23.5.